The molecule has 0 saturated carbocycles. The van der Waals surface area contributed by atoms with Crippen molar-refractivity contribution in [2.75, 3.05) is 19.5 Å². The van der Waals surface area contributed by atoms with E-state index in [0.29, 0.717) is 22.2 Å². The molecule has 3 rings (SSSR count). The summed E-state index contributed by atoms with van der Waals surface area (Å²) in [6, 6.07) is 12.9. The number of methoxy groups -OCH3 is 2. The van der Waals surface area contributed by atoms with Gasteiger partial charge in [-0.25, -0.2) is 4.68 Å². The molecule has 3 aromatic rings. The molecule has 7 heteroatoms. The van der Waals surface area contributed by atoms with Crippen LogP contribution in [0, 0.1) is 6.92 Å². The maximum atomic E-state index is 12.7. The number of halogens is 1. The van der Waals surface area contributed by atoms with Crippen molar-refractivity contribution in [1.29, 1.82) is 0 Å². The second kappa shape index (κ2) is 7.49. The Morgan fingerprint density at radius 3 is 2.46 bits per heavy atom. The molecule has 0 aliphatic carbocycles. The summed E-state index contributed by atoms with van der Waals surface area (Å²) >= 11 is 6.11. The van der Waals surface area contributed by atoms with Crippen molar-refractivity contribution in [2.45, 2.75) is 6.92 Å². The van der Waals surface area contributed by atoms with Crippen LogP contribution in [0.15, 0.2) is 48.7 Å². The molecule has 1 amide bonds. The van der Waals surface area contributed by atoms with Crippen molar-refractivity contribution in [2.24, 2.45) is 0 Å². The predicted molar refractivity (Wildman–Crippen MR) is 101 cm³/mol. The summed E-state index contributed by atoms with van der Waals surface area (Å²) in [5, 5.41) is 7.72. The molecule has 2 aromatic carbocycles. The predicted octanol–water partition coefficient (Wildman–Crippen LogP) is 4.10. The zero-order valence-corrected chi connectivity index (χ0v) is 15.4. The number of ether oxygens (including phenoxy) is 2. The van der Waals surface area contributed by atoms with Crippen LogP contribution < -0.4 is 14.8 Å². The number of hydrogen-bond donors (Lipinski definition) is 1. The minimum absolute atomic E-state index is 0.172. The molecular weight excluding hydrogens is 354 g/mol. The van der Waals surface area contributed by atoms with Crippen molar-refractivity contribution in [3.05, 3.63) is 64.9 Å². The molecule has 0 saturated heterocycles. The Balaban J connectivity index is 1.93. The maximum Gasteiger partial charge on any atom is 0.280 e. The van der Waals surface area contributed by atoms with E-state index in [1.165, 1.54) is 14.2 Å². The average Bonchev–Trinajstić information content (AvgIpc) is 3.10. The summed E-state index contributed by atoms with van der Waals surface area (Å²) in [7, 11) is 3.01. The Labute approximate surface area is 156 Å². The first-order chi connectivity index (χ1) is 12.5. The molecule has 0 spiro atoms. The number of aryl methyl sites for hydroxylation is 1. The molecule has 134 valence electrons. The normalized spacial score (nSPS) is 10.5. The first-order valence-corrected chi connectivity index (χ1v) is 8.26. The van der Waals surface area contributed by atoms with Gasteiger partial charge in [0.1, 0.15) is 5.75 Å². The molecule has 1 aromatic heterocycles. The first-order valence-electron chi connectivity index (χ1n) is 7.88. The number of benzene rings is 2. The molecule has 0 unspecified atom stereocenters. The van der Waals surface area contributed by atoms with E-state index in [0.717, 1.165) is 11.3 Å². The molecule has 1 heterocycles. The third-order valence-electron chi connectivity index (χ3n) is 3.87. The Morgan fingerprint density at radius 2 is 1.81 bits per heavy atom. The lowest BCUT2D eigenvalue weighted by atomic mass is 10.2. The average molecular weight is 372 g/mol. The lowest BCUT2D eigenvalue weighted by Gasteiger charge is -2.12. The third-order valence-corrected chi connectivity index (χ3v) is 4.27. The topological polar surface area (TPSA) is 65.4 Å². The number of hydrogen-bond acceptors (Lipinski definition) is 4. The van der Waals surface area contributed by atoms with Crippen LogP contribution in [0.4, 0.5) is 5.69 Å². The van der Waals surface area contributed by atoms with E-state index in [2.05, 4.69) is 10.4 Å². The van der Waals surface area contributed by atoms with E-state index >= 15 is 0 Å². The molecule has 0 aliphatic heterocycles. The summed E-state index contributed by atoms with van der Waals surface area (Å²) in [6.07, 6.45) is 1.66. The SMILES string of the molecule is COc1cc(Cl)c(C)cc1NC(=O)c1nn(-c2ccccc2)cc1OC. The van der Waals surface area contributed by atoms with E-state index in [1.54, 1.807) is 23.0 Å². The van der Waals surface area contributed by atoms with Crippen molar-refractivity contribution >= 4 is 23.2 Å². The number of rotatable bonds is 5. The summed E-state index contributed by atoms with van der Waals surface area (Å²) in [6.45, 7) is 1.85. The van der Waals surface area contributed by atoms with Gasteiger partial charge in [-0.1, -0.05) is 29.8 Å². The quantitative estimate of drug-likeness (QED) is 0.733. The standard InChI is InChI=1S/C19H18ClN3O3/c1-12-9-15(16(25-2)10-14(12)20)21-19(24)18-17(26-3)11-23(22-18)13-7-5-4-6-8-13/h4-11H,1-3H3,(H,21,24). The summed E-state index contributed by atoms with van der Waals surface area (Å²) < 4.78 is 12.2. The number of amides is 1. The van der Waals surface area contributed by atoms with E-state index in [-0.39, 0.29) is 5.69 Å². The lowest BCUT2D eigenvalue weighted by Crippen LogP contribution is -2.15. The highest BCUT2D eigenvalue weighted by Crippen LogP contribution is 2.31. The second-order valence-corrected chi connectivity index (χ2v) is 5.99. The maximum absolute atomic E-state index is 12.7. The third kappa shape index (κ3) is 3.50. The number of nitrogens with zero attached hydrogens (tertiary/aromatic N) is 2. The fourth-order valence-electron chi connectivity index (χ4n) is 2.49. The van der Waals surface area contributed by atoms with Crippen LogP contribution in [-0.2, 0) is 0 Å². The number of carbonyl (C=O) groups excluding carboxylic acids is 1. The van der Waals surface area contributed by atoms with Crippen LogP contribution in [0.3, 0.4) is 0 Å². The van der Waals surface area contributed by atoms with Crippen molar-refractivity contribution in [1.82, 2.24) is 9.78 Å². The van der Waals surface area contributed by atoms with Gasteiger partial charge in [0.15, 0.2) is 11.4 Å². The fourth-order valence-corrected chi connectivity index (χ4v) is 2.64. The van der Waals surface area contributed by atoms with Crippen LogP contribution in [0.1, 0.15) is 16.1 Å². The molecule has 0 radical (unpaired) electrons. The van der Waals surface area contributed by atoms with Gasteiger partial charge >= 0.3 is 0 Å². The van der Waals surface area contributed by atoms with Gasteiger partial charge in [0, 0.05) is 11.1 Å². The first kappa shape index (κ1) is 17.8. The monoisotopic (exact) mass is 371 g/mol. The van der Waals surface area contributed by atoms with Gasteiger partial charge in [-0.15, -0.1) is 0 Å². The molecule has 1 N–H and O–H groups in total. The molecule has 0 bridgehead atoms. The van der Waals surface area contributed by atoms with Crippen LogP contribution in [-0.4, -0.2) is 29.9 Å². The van der Waals surface area contributed by atoms with Gasteiger partial charge in [0.05, 0.1) is 31.8 Å². The Hall–Kier alpha value is -2.99. The van der Waals surface area contributed by atoms with E-state index < -0.39 is 5.91 Å². The van der Waals surface area contributed by atoms with Crippen LogP contribution in [0.25, 0.3) is 5.69 Å². The molecule has 0 atom stereocenters. The van der Waals surface area contributed by atoms with Gasteiger partial charge in [-0.3, -0.25) is 4.79 Å². The molecular formula is C19H18ClN3O3. The van der Waals surface area contributed by atoms with Crippen LogP contribution >= 0.6 is 11.6 Å². The Bertz CT molecular complexity index is 939. The zero-order chi connectivity index (χ0) is 18.7. The lowest BCUT2D eigenvalue weighted by molar-refractivity contribution is 0.101. The minimum atomic E-state index is -0.406. The number of carbonyl (C=O) groups is 1. The van der Waals surface area contributed by atoms with E-state index in [4.69, 9.17) is 21.1 Å². The van der Waals surface area contributed by atoms with Gasteiger partial charge in [0.25, 0.3) is 5.91 Å². The second-order valence-electron chi connectivity index (χ2n) is 5.58. The summed E-state index contributed by atoms with van der Waals surface area (Å²) in [5.41, 5.74) is 2.33. The van der Waals surface area contributed by atoms with Gasteiger partial charge < -0.3 is 14.8 Å². The van der Waals surface area contributed by atoms with Gasteiger partial charge in [-0.2, -0.15) is 5.10 Å². The highest BCUT2D eigenvalue weighted by molar-refractivity contribution is 6.31. The van der Waals surface area contributed by atoms with E-state index in [1.807, 2.05) is 37.3 Å². The zero-order valence-electron chi connectivity index (χ0n) is 14.6. The number of nitrogens with one attached hydrogen (secondary N) is 1. The highest BCUT2D eigenvalue weighted by atomic mass is 35.5. The van der Waals surface area contributed by atoms with Crippen LogP contribution in [0.5, 0.6) is 11.5 Å². The van der Waals surface area contributed by atoms with Crippen molar-refractivity contribution < 1.29 is 14.3 Å². The number of aromatic nitrogens is 2. The molecule has 26 heavy (non-hydrogen) atoms. The number of para-hydroxylation sites is 1. The Morgan fingerprint density at radius 1 is 1.12 bits per heavy atom. The van der Waals surface area contributed by atoms with Gasteiger partial charge in [0.2, 0.25) is 0 Å². The van der Waals surface area contributed by atoms with Crippen molar-refractivity contribution in [3.63, 3.8) is 0 Å². The van der Waals surface area contributed by atoms with Crippen LogP contribution in [0.2, 0.25) is 5.02 Å². The largest absolute Gasteiger partial charge is 0.495 e. The summed E-state index contributed by atoms with van der Waals surface area (Å²) in [5.74, 6) is 0.433. The smallest absolute Gasteiger partial charge is 0.280 e. The summed E-state index contributed by atoms with van der Waals surface area (Å²) in [4.78, 5) is 12.7. The Kier molecular flexibility index (Phi) is 5.14. The minimum Gasteiger partial charge on any atom is -0.495 e. The molecule has 0 fully saturated rings. The van der Waals surface area contributed by atoms with Gasteiger partial charge in [-0.05, 0) is 30.7 Å². The number of anilines is 1. The molecule has 0 aliphatic rings. The van der Waals surface area contributed by atoms with E-state index in [9.17, 15) is 4.79 Å². The van der Waals surface area contributed by atoms with Crippen molar-refractivity contribution in [3.8, 4) is 17.2 Å². The molecule has 6 nitrogen and oxygen atoms in total. The fraction of sp³-hybridized carbons (Fsp3) is 0.158. The highest BCUT2D eigenvalue weighted by Gasteiger charge is 2.20.